The third-order valence-corrected chi connectivity index (χ3v) is 2.98. The maximum Gasteiger partial charge on any atom is 0.416 e. The number of alkyl halides is 3. The largest absolute Gasteiger partial charge is 0.497 e. The van der Waals surface area contributed by atoms with Crippen molar-refractivity contribution in [3.8, 4) is 5.75 Å². The van der Waals surface area contributed by atoms with E-state index in [9.17, 15) is 18.0 Å². The quantitative estimate of drug-likeness (QED) is 0.799. The molecule has 0 heterocycles. The number of benzene rings is 2. The Morgan fingerprint density at radius 3 is 2.09 bits per heavy atom. The number of hydrogen-bond donors (Lipinski definition) is 0. The van der Waals surface area contributed by atoms with E-state index in [0.29, 0.717) is 16.9 Å². The number of rotatable bonds is 4. The fourth-order valence-corrected chi connectivity index (χ4v) is 1.75. The van der Waals surface area contributed by atoms with Crippen LogP contribution in [0.5, 0.6) is 5.75 Å². The Bertz CT molecular complexity index is 631. The minimum absolute atomic E-state index is 0.0942. The first-order valence-corrected chi connectivity index (χ1v) is 6.37. The number of hydrogen-bond acceptors (Lipinski definition) is 3. The zero-order valence-corrected chi connectivity index (χ0v) is 11.7. The molecular formula is C16H13F3O3. The lowest BCUT2D eigenvalue weighted by Crippen LogP contribution is -2.07. The minimum Gasteiger partial charge on any atom is -0.497 e. The Morgan fingerprint density at radius 1 is 1.00 bits per heavy atom. The van der Waals surface area contributed by atoms with E-state index in [1.54, 1.807) is 24.3 Å². The van der Waals surface area contributed by atoms with Gasteiger partial charge in [0.1, 0.15) is 12.4 Å². The number of carbonyl (C=O) groups excluding carboxylic acids is 1. The molecule has 0 amide bonds. The number of esters is 1. The molecule has 0 unspecified atom stereocenters. The van der Waals surface area contributed by atoms with Gasteiger partial charge in [0.15, 0.2) is 0 Å². The van der Waals surface area contributed by atoms with Gasteiger partial charge >= 0.3 is 12.1 Å². The van der Waals surface area contributed by atoms with Crippen LogP contribution >= 0.6 is 0 Å². The molecule has 0 radical (unpaired) electrons. The highest BCUT2D eigenvalue weighted by atomic mass is 19.4. The van der Waals surface area contributed by atoms with Crippen molar-refractivity contribution in [2.24, 2.45) is 0 Å². The molecule has 0 N–H and O–H groups in total. The SMILES string of the molecule is COc1ccc(C(=O)OCc2ccc(C(F)(F)F)cc2)cc1. The highest BCUT2D eigenvalue weighted by molar-refractivity contribution is 5.89. The summed E-state index contributed by atoms with van der Waals surface area (Å²) in [5.74, 6) is 0.0573. The first-order valence-electron chi connectivity index (χ1n) is 6.37. The lowest BCUT2D eigenvalue weighted by atomic mass is 10.1. The zero-order valence-electron chi connectivity index (χ0n) is 11.7. The van der Waals surface area contributed by atoms with Crippen molar-refractivity contribution in [3.05, 3.63) is 65.2 Å². The monoisotopic (exact) mass is 310 g/mol. The Hall–Kier alpha value is -2.50. The van der Waals surface area contributed by atoms with Gasteiger partial charge in [-0.05, 0) is 42.0 Å². The molecule has 0 bridgehead atoms. The molecule has 3 nitrogen and oxygen atoms in total. The normalized spacial score (nSPS) is 11.1. The van der Waals surface area contributed by atoms with Gasteiger partial charge in [-0.1, -0.05) is 12.1 Å². The third kappa shape index (κ3) is 4.00. The molecule has 6 heteroatoms. The van der Waals surface area contributed by atoms with Crippen LogP contribution < -0.4 is 4.74 Å². The number of methoxy groups -OCH3 is 1. The molecular weight excluding hydrogens is 297 g/mol. The Morgan fingerprint density at radius 2 is 1.59 bits per heavy atom. The first-order chi connectivity index (χ1) is 10.4. The van der Waals surface area contributed by atoms with Gasteiger partial charge in [0.2, 0.25) is 0 Å². The van der Waals surface area contributed by atoms with Gasteiger partial charge < -0.3 is 9.47 Å². The highest BCUT2D eigenvalue weighted by Crippen LogP contribution is 2.29. The van der Waals surface area contributed by atoms with Crippen molar-refractivity contribution in [2.45, 2.75) is 12.8 Å². The molecule has 2 rings (SSSR count). The predicted octanol–water partition coefficient (Wildman–Crippen LogP) is 4.07. The van der Waals surface area contributed by atoms with E-state index in [1.165, 1.54) is 19.2 Å². The molecule has 0 spiro atoms. The Labute approximate surface area is 125 Å². The summed E-state index contributed by atoms with van der Waals surface area (Å²) in [5, 5.41) is 0. The van der Waals surface area contributed by atoms with Crippen molar-refractivity contribution in [2.75, 3.05) is 7.11 Å². The van der Waals surface area contributed by atoms with Crippen LogP contribution in [-0.4, -0.2) is 13.1 Å². The fourth-order valence-electron chi connectivity index (χ4n) is 1.75. The fraction of sp³-hybridized carbons (Fsp3) is 0.188. The summed E-state index contributed by atoms with van der Waals surface area (Å²) in [6.07, 6.45) is -4.38. The van der Waals surface area contributed by atoms with E-state index >= 15 is 0 Å². The maximum atomic E-state index is 12.4. The summed E-state index contributed by atoms with van der Waals surface area (Å²) in [6, 6.07) is 10.8. The summed E-state index contributed by atoms with van der Waals surface area (Å²) < 4.78 is 47.3. The number of carbonyl (C=O) groups is 1. The van der Waals surface area contributed by atoms with Crippen LogP contribution in [0.15, 0.2) is 48.5 Å². The van der Waals surface area contributed by atoms with E-state index in [4.69, 9.17) is 9.47 Å². The lowest BCUT2D eigenvalue weighted by Gasteiger charge is -2.08. The van der Waals surface area contributed by atoms with Gasteiger partial charge in [-0.2, -0.15) is 13.2 Å². The van der Waals surface area contributed by atoms with Crippen molar-refractivity contribution in [1.29, 1.82) is 0 Å². The molecule has 116 valence electrons. The summed E-state index contributed by atoms with van der Waals surface area (Å²) in [7, 11) is 1.51. The van der Waals surface area contributed by atoms with Crippen molar-refractivity contribution < 1.29 is 27.4 Å². The molecule has 0 atom stereocenters. The second-order valence-corrected chi connectivity index (χ2v) is 4.50. The molecule has 0 aromatic heterocycles. The van der Waals surface area contributed by atoms with Gasteiger partial charge in [0.25, 0.3) is 0 Å². The van der Waals surface area contributed by atoms with E-state index in [1.807, 2.05) is 0 Å². The molecule has 22 heavy (non-hydrogen) atoms. The van der Waals surface area contributed by atoms with Gasteiger partial charge in [0.05, 0.1) is 18.2 Å². The van der Waals surface area contributed by atoms with Crippen molar-refractivity contribution in [1.82, 2.24) is 0 Å². The smallest absolute Gasteiger partial charge is 0.416 e. The van der Waals surface area contributed by atoms with Crippen LogP contribution in [-0.2, 0) is 17.5 Å². The average Bonchev–Trinajstić information content (AvgIpc) is 2.52. The molecule has 0 fully saturated rings. The Balaban J connectivity index is 1.95. The molecule has 2 aromatic rings. The van der Waals surface area contributed by atoms with Crippen molar-refractivity contribution >= 4 is 5.97 Å². The summed E-state index contributed by atoms with van der Waals surface area (Å²) in [4.78, 5) is 11.8. The second kappa shape index (κ2) is 6.51. The average molecular weight is 310 g/mol. The van der Waals surface area contributed by atoms with Crippen molar-refractivity contribution in [3.63, 3.8) is 0 Å². The third-order valence-electron chi connectivity index (χ3n) is 2.98. The van der Waals surface area contributed by atoms with Crippen LogP contribution in [0.3, 0.4) is 0 Å². The summed E-state index contributed by atoms with van der Waals surface area (Å²) in [5.41, 5.74) is 0.0836. The van der Waals surface area contributed by atoms with Crippen LogP contribution in [0.4, 0.5) is 13.2 Å². The van der Waals surface area contributed by atoms with Gasteiger partial charge in [-0.25, -0.2) is 4.79 Å². The standard InChI is InChI=1S/C16H13F3O3/c1-21-14-8-4-12(5-9-14)15(20)22-10-11-2-6-13(7-3-11)16(17,18)19/h2-9H,10H2,1H3. The maximum absolute atomic E-state index is 12.4. The first kappa shape index (κ1) is 15.9. The van der Waals surface area contributed by atoms with Gasteiger partial charge in [-0.15, -0.1) is 0 Å². The number of ether oxygens (including phenoxy) is 2. The molecule has 2 aromatic carbocycles. The van der Waals surface area contributed by atoms with E-state index in [-0.39, 0.29) is 6.61 Å². The Kier molecular flexibility index (Phi) is 4.70. The zero-order chi connectivity index (χ0) is 16.2. The van der Waals surface area contributed by atoms with Crippen LogP contribution in [0.1, 0.15) is 21.5 Å². The lowest BCUT2D eigenvalue weighted by molar-refractivity contribution is -0.137. The summed E-state index contributed by atoms with van der Waals surface area (Å²) >= 11 is 0. The van der Waals surface area contributed by atoms with Crippen LogP contribution in [0, 0.1) is 0 Å². The summed E-state index contributed by atoms with van der Waals surface area (Å²) in [6.45, 7) is -0.0942. The van der Waals surface area contributed by atoms with Crippen LogP contribution in [0.25, 0.3) is 0 Å². The molecule has 0 saturated carbocycles. The second-order valence-electron chi connectivity index (χ2n) is 4.50. The minimum atomic E-state index is -4.38. The highest BCUT2D eigenvalue weighted by Gasteiger charge is 2.29. The van der Waals surface area contributed by atoms with E-state index in [2.05, 4.69) is 0 Å². The van der Waals surface area contributed by atoms with E-state index in [0.717, 1.165) is 12.1 Å². The number of halogens is 3. The topological polar surface area (TPSA) is 35.5 Å². The van der Waals surface area contributed by atoms with Gasteiger partial charge in [0, 0.05) is 0 Å². The van der Waals surface area contributed by atoms with Gasteiger partial charge in [-0.3, -0.25) is 0 Å². The molecule has 0 aliphatic heterocycles. The van der Waals surface area contributed by atoms with Crippen LogP contribution in [0.2, 0.25) is 0 Å². The molecule has 0 aliphatic carbocycles. The molecule has 0 saturated heterocycles. The predicted molar refractivity (Wildman–Crippen MR) is 73.6 cm³/mol. The van der Waals surface area contributed by atoms with E-state index < -0.39 is 17.7 Å². The molecule has 0 aliphatic rings.